The molecule has 3 heteroatoms. The van der Waals surface area contributed by atoms with Crippen molar-refractivity contribution in [1.82, 2.24) is 5.32 Å². The molecule has 3 rings (SSSR count). The Labute approximate surface area is 131 Å². The monoisotopic (exact) mass is 298 g/mol. The maximum absolute atomic E-state index is 5.86. The average molecular weight is 298 g/mol. The fourth-order valence-electron chi connectivity index (χ4n) is 2.93. The smallest absolute Gasteiger partial charge is 0.0189 e. The number of rotatable bonds is 4. The maximum atomic E-state index is 5.86. The summed E-state index contributed by atoms with van der Waals surface area (Å²) in [6.07, 6.45) is 2.46. The van der Waals surface area contributed by atoms with Crippen molar-refractivity contribution in [2.75, 3.05) is 13.1 Å². The van der Waals surface area contributed by atoms with Crippen LogP contribution in [0.2, 0.25) is 0 Å². The summed E-state index contributed by atoms with van der Waals surface area (Å²) in [4.78, 5) is 2.66. The largest absolute Gasteiger partial charge is 0.326 e. The van der Waals surface area contributed by atoms with E-state index in [1.807, 2.05) is 11.8 Å². The van der Waals surface area contributed by atoms with Crippen LogP contribution in [-0.2, 0) is 6.54 Å². The molecule has 2 aromatic rings. The van der Waals surface area contributed by atoms with Gasteiger partial charge in [0, 0.05) is 16.3 Å². The number of hydrogen-bond acceptors (Lipinski definition) is 3. The van der Waals surface area contributed by atoms with Crippen LogP contribution < -0.4 is 11.1 Å². The Hall–Kier alpha value is -1.29. The lowest BCUT2D eigenvalue weighted by atomic mass is 9.90. The molecule has 2 aromatic carbocycles. The van der Waals surface area contributed by atoms with E-state index in [1.54, 1.807) is 0 Å². The molecule has 0 radical (unpaired) electrons. The number of nitrogens with two attached hydrogens (primary N) is 1. The molecule has 0 amide bonds. The van der Waals surface area contributed by atoms with Gasteiger partial charge in [-0.1, -0.05) is 48.2 Å². The lowest BCUT2D eigenvalue weighted by Crippen LogP contribution is -2.26. The first kappa shape index (κ1) is 14.6. The minimum Gasteiger partial charge on any atom is -0.326 e. The van der Waals surface area contributed by atoms with Crippen LogP contribution in [0.1, 0.15) is 29.9 Å². The van der Waals surface area contributed by atoms with E-state index in [9.17, 15) is 0 Å². The average Bonchev–Trinajstić information content (AvgIpc) is 2.57. The van der Waals surface area contributed by atoms with Gasteiger partial charge in [-0.2, -0.15) is 0 Å². The number of benzene rings is 2. The molecule has 1 heterocycles. The molecular formula is C18H22N2S. The zero-order valence-corrected chi connectivity index (χ0v) is 13.0. The van der Waals surface area contributed by atoms with E-state index >= 15 is 0 Å². The van der Waals surface area contributed by atoms with E-state index in [1.165, 1.54) is 33.8 Å². The molecule has 110 valence electrons. The first-order valence-electron chi connectivity index (χ1n) is 7.64. The van der Waals surface area contributed by atoms with Gasteiger partial charge < -0.3 is 11.1 Å². The van der Waals surface area contributed by atoms with Gasteiger partial charge in [0.05, 0.1) is 0 Å². The van der Waals surface area contributed by atoms with Gasteiger partial charge in [-0.05, 0) is 55.1 Å². The lowest BCUT2D eigenvalue weighted by Gasteiger charge is -2.25. The van der Waals surface area contributed by atoms with Gasteiger partial charge in [0.25, 0.3) is 0 Å². The summed E-state index contributed by atoms with van der Waals surface area (Å²) in [6, 6.07) is 17.3. The summed E-state index contributed by atoms with van der Waals surface area (Å²) in [5.41, 5.74) is 8.58. The quantitative estimate of drug-likeness (QED) is 0.902. The van der Waals surface area contributed by atoms with Crippen LogP contribution in [0, 0.1) is 0 Å². The second-order valence-corrected chi connectivity index (χ2v) is 6.56. The molecule has 0 spiro atoms. The van der Waals surface area contributed by atoms with Gasteiger partial charge in [-0.15, -0.1) is 0 Å². The fourth-order valence-corrected chi connectivity index (χ4v) is 4.10. The van der Waals surface area contributed by atoms with Crippen LogP contribution in [0.15, 0.2) is 58.3 Å². The van der Waals surface area contributed by atoms with Gasteiger partial charge in [0.1, 0.15) is 0 Å². The van der Waals surface area contributed by atoms with Crippen molar-refractivity contribution in [3.05, 3.63) is 59.7 Å². The number of hydrogen-bond donors (Lipinski definition) is 2. The van der Waals surface area contributed by atoms with Crippen molar-refractivity contribution in [2.24, 2.45) is 5.73 Å². The first-order valence-corrected chi connectivity index (χ1v) is 8.45. The van der Waals surface area contributed by atoms with Gasteiger partial charge in [-0.3, -0.25) is 0 Å². The molecule has 21 heavy (non-hydrogen) atoms. The summed E-state index contributed by atoms with van der Waals surface area (Å²) in [5.74, 6) is 0.681. The molecular weight excluding hydrogens is 276 g/mol. The third-order valence-corrected chi connectivity index (χ3v) is 5.32. The van der Waals surface area contributed by atoms with Crippen LogP contribution in [0.4, 0.5) is 0 Å². The molecule has 0 saturated carbocycles. The Morgan fingerprint density at radius 3 is 2.38 bits per heavy atom. The van der Waals surface area contributed by atoms with Crippen molar-refractivity contribution in [2.45, 2.75) is 35.1 Å². The van der Waals surface area contributed by atoms with E-state index in [-0.39, 0.29) is 0 Å². The highest BCUT2D eigenvalue weighted by molar-refractivity contribution is 7.99. The molecule has 1 fully saturated rings. The Morgan fingerprint density at radius 1 is 0.952 bits per heavy atom. The van der Waals surface area contributed by atoms with E-state index < -0.39 is 0 Å². The molecule has 1 saturated heterocycles. The van der Waals surface area contributed by atoms with Crippen molar-refractivity contribution in [3.8, 4) is 0 Å². The zero-order valence-electron chi connectivity index (χ0n) is 12.2. The second kappa shape index (κ2) is 7.12. The SMILES string of the molecule is NCc1ccccc1Sc1ccccc1C1CCNCC1. The molecule has 0 unspecified atom stereocenters. The minimum atomic E-state index is 0.596. The Balaban J connectivity index is 1.88. The molecule has 0 aliphatic carbocycles. The third kappa shape index (κ3) is 3.49. The van der Waals surface area contributed by atoms with Crippen LogP contribution in [-0.4, -0.2) is 13.1 Å². The normalized spacial score (nSPS) is 16.0. The van der Waals surface area contributed by atoms with Gasteiger partial charge in [-0.25, -0.2) is 0 Å². The highest BCUT2D eigenvalue weighted by atomic mass is 32.2. The standard InChI is InChI=1S/C18H22N2S/c19-13-15-5-1-3-7-17(15)21-18-8-4-2-6-16(18)14-9-11-20-12-10-14/h1-8,14,20H,9-13,19H2. The predicted molar refractivity (Wildman–Crippen MR) is 89.7 cm³/mol. The van der Waals surface area contributed by atoms with Crippen molar-refractivity contribution in [1.29, 1.82) is 0 Å². The first-order chi connectivity index (χ1) is 10.4. The Kier molecular flexibility index (Phi) is 4.96. The van der Waals surface area contributed by atoms with Crippen LogP contribution in [0.5, 0.6) is 0 Å². The maximum Gasteiger partial charge on any atom is 0.0189 e. The van der Waals surface area contributed by atoms with E-state index in [0.29, 0.717) is 12.5 Å². The Morgan fingerprint density at radius 2 is 1.62 bits per heavy atom. The second-order valence-electron chi connectivity index (χ2n) is 5.48. The van der Waals surface area contributed by atoms with E-state index in [4.69, 9.17) is 5.73 Å². The summed E-state index contributed by atoms with van der Waals surface area (Å²) in [7, 11) is 0. The number of nitrogens with one attached hydrogen (secondary N) is 1. The molecule has 0 bridgehead atoms. The van der Waals surface area contributed by atoms with E-state index in [2.05, 4.69) is 53.8 Å². The Bertz CT molecular complexity index is 591. The van der Waals surface area contributed by atoms with Crippen molar-refractivity contribution >= 4 is 11.8 Å². The zero-order chi connectivity index (χ0) is 14.5. The van der Waals surface area contributed by atoms with Crippen LogP contribution in [0.25, 0.3) is 0 Å². The molecule has 0 atom stereocenters. The van der Waals surface area contributed by atoms with Crippen LogP contribution in [0.3, 0.4) is 0 Å². The highest BCUT2D eigenvalue weighted by Gasteiger charge is 2.18. The summed E-state index contributed by atoms with van der Waals surface area (Å²) in [6.45, 7) is 2.85. The number of piperidine rings is 1. The molecule has 0 aromatic heterocycles. The van der Waals surface area contributed by atoms with Crippen molar-refractivity contribution in [3.63, 3.8) is 0 Å². The minimum absolute atomic E-state index is 0.596. The molecule has 2 nitrogen and oxygen atoms in total. The van der Waals surface area contributed by atoms with Gasteiger partial charge >= 0.3 is 0 Å². The topological polar surface area (TPSA) is 38.0 Å². The highest BCUT2D eigenvalue weighted by Crippen LogP contribution is 2.38. The fraction of sp³-hybridized carbons (Fsp3) is 0.333. The summed E-state index contributed by atoms with van der Waals surface area (Å²) in [5, 5.41) is 3.45. The molecule has 1 aliphatic heterocycles. The van der Waals surface area contributed by atoms with Gasteiger partial charge in [0.2, 0.25) is 0 Å². The molecule has 3 N–H and O–H groups in total. The van der Waals surface area contributed by atoms with E-state index in [0.717, 1.165) is 13.1 Å². The van der Waals surface area contributed by atoms with Crippen LogP contribution >= 0.6 is 11.8 Å². The summed E-state index contributed by atoms with van der Waals surface area (Å²) < 4.78 is 0. The summed E-state index contributed by atoms with van der Waals surface area (Å²) >= 11 is 1.86. The predicted octanol–water partition coefficient (Wildman–Crippen LogP) is 3.76. The van der Waals surface area contributed by atoms with Crippen molar-refractivity contribution < 1.29 is 0 Å². The lowest BCUT2D eigenvalue weighted by molar-refractivity contribution is 0.456. The molecule has 1 aliphatic rings. The van der Waals surface area contributed by atoms with Gasteiger partial charge in [0.15, 0.2) is 0 Å². The third-order valence-electron chi connectivity index (χ3n) is 4.11.